The van der Waals surface area contributed by atoms with Gasteiger partial charge in [0, 0.05) is 12.1 Å². The number of benzene rings is 1. The van der Waals surface area contributed by atoms with Crippen LogP contribution in [0.5, 0.6) is 5.75 Å². The summed E-state index contributed by atoms with van der Waals surface area (Å²) < 4.78 is 13.0. The van der Waals surface area contributed by atoms with Crippen LogP contribution < -0.4 is 15.4 Å². The van der Waals surface area contributed by atoms with Gasteiger partial charge in [0.05, 0.1) is 12.1 Å². The molecule has 2 aliphatic rings. The van der Waals surface area contributed by atoms with Crippen molar-refractivity contribution < 1.29 is 19.1 Å². The van der Waals surface area contributed by atoms with E-state index in [0.717, 1.165) is 11.1 Å². The molecule has 4 rings (SSSR count). The van der Waals surface area contributed by atoms with E-state index in [1.807, 2.05) is 29.7 Å². The molecule has 0 spiro atoms. The van der Waals surface area contributed by atoms with Gasteiger partial charge in [0.2, 0.25) is 12.5 Å². The van der Waals surface area contributed by atoms with E-state index in [0.29, 0.717) is 43.4 Å². The molecule has 0 unspecified atom stereocenters. The first kappa shape index (κ1) is 19.8. The van der Waals surface area contributed by atoms with Gasteiger partial charge in [-0.1, -0.05) is 13.0 Å². The Morgan fingerprint density at radius 2 is 2.27 bits per heavy atom. The molecule has 2 aromatic rings. The van der Waals surface area contributed by atoms with Gasteiger partial charge >= 0.3 is 6.09 Å². The average Bonchev–Trinajstić information content (AvgIpc) is 3.25. The minimum Gasteiger partial charge on any atom is -0.491 e. The third-order valence-corrected chi connectivity index (χ3v) is 5.53. The van der Waals surface area contributed by atoms with Gasteiger partial charge < -0.3 is 24.6 Å². The Hall–Kier alpha value is -3.54. The lowest BCUT2D eigenvalue weighted by Crippen LogP contribution is -2.35. The Morgan fingerprint density at radius 1 is 1.43 bits per heavy atom. The van der Waals surface area contributed by atoms with Crippen LogP contribution in [0.1, 0.15) is 18.9 Å². The number of nitrogens with two attached hydrogens (primary N) is 1. The molecule has 2 amide bonds. The van der Waals surface area contributed by atoms with Crippen molar-refractivity contribution in [1.29, 1.82) is 0 Å². The molecule has 1 aromatic heterocycles. The number of fused-ring (bicyclic) bond motifs is 3. The number of anilines is 1. The topological polar surface area (TPSA) is 104 Å². The predicted octanol–water partition coefficient (Wildman–Crippen LogP) is 2.24. The van der Waals surface area contributed by atoms with E-state index in [-0.39, 0.29) is 31.0 Å². The van der Waals surface area contributed by atoms with Gasteiger partial charge in [0.25, 0.3) is 0 Å². The fourth-order valence-electron chi connectivity index (χ4n) is 3.87. The summed E-state index contributed by atoms with van der Waals surface area (Å²) in [6, 6.07) is 5.46. The number of ether oxygens (including phenoxy) is 2. The highest BCUT2D eigenvalue weighted by atomic mass is 16.6. The molecule has 2 atom stereocenters. The smallest absolute Gasteiger partial charge is 0.416 e. The van der Waals surface area contributed by atoms with Crippen molar-refractivity contribution >= 4 is 17.8 Å². The van der Waals surface area contributed by atoms with Gasteiger partial charge in [0.15, 0.2) is 5.82 Å². The van der Waals surface area contributed by atoms with Gasteiger partial charge in [-0.2, -0.15) is 0 Å². The van der Waals surface area contributed by atoms with Crippen LogP contribution in [0.2, 0.25) is 0 Å². The molecular formula is C21H23N5O4. The van der Waals surface area contributed by atoms with Gasteiger partial charge in [-0.15, -0.1) is 0 Å². The van der Waals surface area contributed by atoms with Gasteiger partial charge in [-0.3, -0.25) is 4.79 Å². The Labute approximate surface area is 174 Å². The maximum absolute atomic E-state index is 12.2. The number of carbonyl (C=O) groups excluding carboxylic acids is 2. The third-order valence-electron chi connectivity index (χ3n) is 5.53. The highest BCUT2D eigenvalue weighted by Gasteiger charge is 2.38. The number of primary amides is 1. The second-order valence-corrected chi connectivity index (χ2v) is 7.45. The highest BCUT2D eigenvalue weighted by molar-refractivity contribution is 5.89. The lowest BCUT2D eigenvalue weighted by atomic mass is 9.95. The summed E-state index contributed by atoms with van der Waals surface area (Å²) >= 11 is 0. The van der Waals surface area contributed by atoms with Crippen LogP contribution in [-0.2, 0) is 22.5 Å². The zero-order valence-electron chi connectivity index (χ0n) is 16.7. The zero-order chi connectivity index (χ0) is 21.3. The molecule has 9 nitrogen and oxygen atoms in total. The van der Waals surface area contributed by atoms with Crippen molar-refractivity contribution in [2.45, 2.75) is 32.4 Å². The quantitative estimate of drug-likeness (QED) is 0.737. The minimum atomic E-state index is -0.485. The molecular weight excluding hydrogens is 386 g/mol. The fourth-order valence-corrected chi connectivity index (χ4v) is 3.87. The van der Waals surface area contributed by atoms with Crippen molar-refractivity contribution in [1.82, 2.24) is 9.55 Å². The number of aromatic nitrogens is 2. The average molecular weight is 409 g/mol. The second-order valence-electron chi connectivity index (χ2n) is 7.45. The lowest BCUT2D eigenvalue weighted by Gasteiger charge is -2.15. The van der Waals surface area contributed by atoms with Gasteiger partial charge in [-0.25, -0.2) is 21.3 Å². The first-order valence-electron chi connectivity index (χ1n) is 9.93. The van der Waals surface area contributed by atoms with E-state index in [1.54, 1.807) is 6.20 Å². The van der Waals surface area contributed by atoms with Crippen LogP contribution in [0.4, 0.5) is 10.6 Å². The molecule has 0 bridgehead atoms. The molecule has 156 valence electrons. The number of amides is 2. The number of hydrogen-bond donors (Lipinski definition) is 1. The van der Waals surface area contributed by atoms with Crippen LogP contribution in [0.15, 0.2) is 24.4 Å². The molecule has 2 aliphatic heterocycles. The van der Waals surface area contributed by atoms with Crippen molar-refractivity contribution in [2.75, 3.05) is 24.7 Å². The Kier molecular flexibility index (Phi) is 5.31. The zero-order valence-corrected chi connectivity index (χ0v) is 16.7. The monoisotopic (exact) mass is 409 g/mol. The highest BCUT2D eigenvalue weighted by Crippen LogP contribution is 2.35. The van der Waals surface area contributed by atoms with E-state index < -0.39 is 6.09 Å². The van der Waals surface area contributed by atoms with Crippen molar-refractivity contribution in [2.24, 2.45) is 11.7 Å². The summed E-state index contributed by atoms with van der Waals surface area (Å²) in [6.45, 7) is 10.4. The summed E-state index contributed by atoms with van der Waals surface area (Å²) in [5.74, 6) is 1.32. The Morgan fingerprint density at radius 3 is 3.00 bits per heavy atom. The molecule has 0 saturated carbocycles. The molecule has 3 heterocycles. The van der Waals surface area contributed by atoms with Crippen molar-refractivity contribution in [3.63, 3.8) is 0 Å². The molecule has 30 heavy (non-hydrogen) atoms. The summed E-state index contributed by atoms with van der Waals surface area (Å²) in [7, 11) is 0. The van der Waals surface area contributed by atoms with Crippen LogP contribution in [0.3, 0.4) is 0 Å². The number of rotatable bonds is 6. The van der Waals surface area contributed by atoms with E-state index in [9.17, 15) is 9.59 Å². The third kappa shape index (κ3) is 3.56. The van der Waals surface area contributed by atoms with Crippen LogP contribution >= 0.6 is 0 Å². The first-order valence-corrected chi connectivity index (χ1v) is 9.93. The van der Waals surface area contributed by atoms with Gasteiger partial charge in [0.1, 0.15) is 30.8 Å². The molecule has 2 N–H and O–H groups in total. The lowest BCUT2D eigenvalue weighted by molar-refractivity contribution is -0.121. The number of carbonyl (C=O) groups is 2. The molecule has 1 aromatic carbocycles. The Bertz CT molecular complexity index is 1020. The summed E-state index contributed by atoms with van der Waals surface area (Å²) in [4.78, 5) is 33.3. The fraction of sp³-hybridized carbons (Fsp3) is 0.429. The van der Waals surface area contributed by atoms with E-state index in [4.69, 9.17) is 21.8 Å². The second kappa shape index (κ2) is 8.06. The van der Waals surface area contributed by atoms with E-state index in [2.05, 4.69) is 9.83 Å². The maximum atomic E-state index is 12.2. The molecule has 0 aliphatic carbocycles. The SMILES string of the molecule is [C-]#[N+]C[C@@H]1COC(=O)N1c1cn2c(n1)-c1ccc(C[C@@H](CC)C(N)=O)cc1OCC2. The molecule has 9 heteroatoms. The van der Waals surface area contributed by atoms with E-state index in [1.165, 1.54) is 4.90 Å². The van der Waals surface area contributed by atoms with Crippen LogP contribution in [0.25, 0.3) is 16.2 Å². The predicted molar refractivity (Wildman–Crippen MR) is 109 cm³/mol. The van der Waals surface area contributed by atoms with E-state index >= 15 is 0 Å². The number of imidazole rings is 1. The number of hydrogen-bond acceptors (Lipinski definition) is 5. The van der Waals surface area contributed by atoms with Crippen molar-refractivity contribution in [3.8, 4) is 17.1 Å². The molecule has 1 fully saturated rings. The summed E-state index contributed by atoms with van der Waals surface area (Å²) in [5, 5.41) is 0. The normalized spacial score (nSPS) is 18.5. The Balaban J connectivity index is 1.67. The minimum absolute atomic E-state index is 0.162. The molecule has 1 saturated heterocycles. The first-order chi connectivity index (χ1) is 14.5. The van der Waals surface area contributed by atoms with Crippen molar-refractivity contribution in [3.05, 3.63) is 41.4 Å². The van der Waals surface area contributed by atoms with Crippen LogP contribution in [-0.4, -0.2) is 47.4 Å². The number of cyclic esters (lactones) is 1. The summed E-state index contributed by atoms with van der Waals surface area (Å²) in [6.07, 6.45) is 2.55. The number of nitrogens with zero attached hydrogens (tertiary/aromatic N) is 4. The van der Waals surface area contributed by atoms with Crippen LogP contribution in [0, 0.1) is 12.5 Å². The summed E-state index contributed by atoms with van der Waals surface area (Å²) in [5.41, 5.74) is 7.26. The van der Waals surface area contributed by atoms with Gasteiger partial charge in [-0.05, 0) is 30.5 Å². The maximum Gasteiger partial charge on any atom is 0.416 e. The standard InChI is InChI=1S/C21H23N5O4/c1-3-14(19(22)27)8-13-4-5-16-17(9-13)29-7-6-25-11-18(24-20(16)25)26-15(10-23-2)12-30-21(26)28/h4-5,9,11,14-15H,3,6-8,10,12H2,1H3,(H2,22,27)/t14-,15-/m1/s1. The molecule has 0 radical (unpaired) electrons. The largest absolute Gasteiger partial charge is 0.491 e.